The van der Waals surface area contributed by atoms with Crippen LogP contribution in [0.3, 0.4) is 0 Å². The maximum atomic E-state index is 12.0. The topological polar surface area (TPSA) is 64.3 Å². The molecule has 102 valence electrons. The molecular weight excluding hydrogens is 216 g/mol. The summed E-state index contributed by atoms with van der Waals surface area (Å²) in [6, 6.07) is -0.471. The Bertz CT molecular complexity index is 234. The summed E-state index contributed by atoms with van der Waals surface area (Å²) in [5.41, 5.74) is 5.69. The molecule has 0 rings (SSSR count). The monoisotopic (exact) mass is 244 g/mol. The Morgan fingerprint density at radius 2 is 1.88 bits per heavy atom. The summed E-state index contributed by atoms with van der Waals surface area (Å²) in [6.07, 6.45) is 0. The molecular formula is C13H28N2O2. The second-order valence-corrected chi connectivity index (χ2v) is 5.86. The van der Waals surface area contributed by atoms with E-state index < -0.39 is 6.04 Å². The summed E-state index contributed by atoms with van der Waals surface area (Å²) < 4.78 is 5.37. The van der Waals surface area contributed by atoms with Crippen LogP contribution < -0.4 is 11.1 Å². The zero-order valence-corrected chi connectivity index (χ0v) is 12.0. The van der Waals surface area contributed by atoms with E-state index in [0.29, 0.717) is 19.1 Å². The van der Waals surface area contributed by atoms with Gasteiger partial charge in [0.25, 0.3) is 0 Å². The Morgan fingerprint density at radius 1 is 1.35 bits per heavy atom. The SMILES string of the molecule is CCOCC(NC(=O)[C@H](N)C(C)(C)C)C(C)C. The average molecular weight is 244 g/mol. The third-order valence-electron chi connectivity index (χ3n) is 2.85. The van der Waals surface area contributed by atoms with Crippen LogP contribution in [0, 0.1) is 11.3 Å². The first-order chi connectivity index (χ1) is 7.70. The Kier molecular flexibility index (Phi) is 6.72. The minimum Gasteiger partial charge on any atom is -0.380 e. The zero-order valence-electron chi connectivity index (χ0n) is 12.0. The minimum atomic E-state index is -0.495. The Hall–Kier alpha value is -0.610. The molecule has 0 aliphatic rings. The Balaban J connectivity index is 4.40. The number of carbonyl (C=O) groups excluding carboxylic acids is 1. The lowest BCUT2D eigenvalue weighted by molar-refractivity contribution is -0.126. The molecule has 0 spiro atoms. The molecule has 2 atom stereocenters. The molecule has 1 unspecified atom stereocenters. The highest BCUT2D eigenvalue weighted by atomic mass is 16.5. The van der Waals surface area contributed by atoms with E-state index in [1.807, 2.05) is 27.7 Å². The van der Waals surface area contributed by atoms with Gasteiger partial charge in [-0.1, -0.05) is 34.6 Å². The predicted octanol–water partition coefficient (Wildman–Crippen LogP) is 1.54. The van der Waals surface area contributed by atoms with Crippen LogP contribution in [-0.2, 0) is 9.53 Å². The number of amides is 1. The number of hydrogen-bond donors (Lipinski definition) is 2. The third kappa shape index (κ3) is 6.03. The van der Waals surface area contributed by atoms with Crippen molar-refractivity contribution in [1.29, 1.82) is 0 Å². The summed E-state index contributed by atoms with van der Waals surface area (Å²) in [5.74, 6) is 0.230. The summed E-state index contributed by atoms with van der Waals surface area (Å²) in [7, 11) is 0. The van der Waals surface area contributed by atoms with Gasteiger partial charge in [-0.2, -0.15) is 0 Å². The quantitative estimate of drug-likeness (QED) is 0.745. The highest BCUT2D eigenvalue weighted by molar-refractivity contribution is 5.82. The van der Waals surface area contributed by atoms with Crippen molar-refractivity contribution in [3.8, 4) is 0 Å². The molecule has 0 aliphatic heterocycles. The Morgan fingerprint density at radius 3 is 2.24 bits per heavy atom. The molecule has 0 fully saturated rings. The number of carbonyl (C=O) groups is 1. The van der Waals surface area contributed by atoms with Crippen molar-refractivity contribution in [2.75, 3.05) is 13.2 Å². The molecule has 0 bridgehead atoms. The standard InChI is InChI=1S/C13H28N2O2/c1-7-17-8-10(9(2)3)15-12(16)11(14)13(4,5)6/h9-11H,7-8,14H2,1-6H3,(H,15,16)/t10?,11-/m0/s1. The first-order valence-corrected chi connectivity index (χ1v) is 6.33. The van der Waals surface area contributed by atoms with Gasteiger partial charge in [-0.05, 0) is 18.3 Å². The lowest BCUT2D eigenvalue weighted by Gasteiger charge is -2.29. The summed E-state index contributed by atoms with van der Waals surface area (Å²) in [5, 5.41) is 2.97. The highest BCUT2D eigenvalue weighted by Gasteiger charge is 2.29. The predicted molar refractivity (Wildman–Crippen MR) is 70.7 cm³/mol. The maximum absolute atomic E-state index is 12.0. The van der Waals surface area contributed by atoms with Gasteiger partial charge in [0, 0.05) is 6.61 Å². The van der Waals surface area contributed by atoms with Gasteiger partial charge in [0.1, 0.15) is 0 Å². The van der Waals surface area contributed by atoms with Crippen molar-refractivity contribution in [2.24, 2.45) is 17.1 Å². The van der Waals surface area contributed by atoms with Crippen LogP contribution in [-0.4, -0.2) is 31.2 Å². The molecule has 0 radical (unpaired) electrons. The van der Waals surface area contributed by atoms with Gasteiger partial charge in [-0.3, -0.25) is 4.79 Å². The normalized spacial score (nSPS) is 15.8. The molecule has 1 amide bonds. The second kappa shape index (κ2) is 6.97. The third-order valence-corrected chi connectivity index (χ3v) is 2.85. The lowest BCUT2D eigenvalue weighted by atomic mass is 9.86. The van der Waals surface area contributed by atoms with E-state index in [1.54, 1.807) is 0 Å². The van der Waals surface area contributed by atoms with Crippen molar-refractivity contribution < 1.29 is 9.53 Å². The van der Waals surface area contributed by atoms with Crippen molar-refractivity contribution in [3.63, 3.8) is 0 Å². The van der Waals surface area contributed by atoms with E-state index in [2.05, 4.69) is 19.2 Å². The lowest BCUT2D eigenvalue weighted by Crippen LogP contribution is -2.53. The molecule has 17 heavy (non-hydrogen) atoms. The highest BCUT2D eigenvalue weighted by Crippen LogP contribution is 2.17. The number of nitrogens with two attached hydrogens (primary N) is 1. The van der Waals surface area contributed by atoms with Crippen molar-refractivity contribution in [3.05, 3.63) is 0 Å². The van der Waals surface area contributed by atoms with Gasteiger partial charge in [0.2, 0.25) is 5.91 Å². The van der Waals surface area contributed by atoms with Gasteiger partial charge in [-0.25, -0.2) is 0 Å². The molecule has 0 aromatic rings. The Labute approximate surface area is 105 Å². The fourth-order valence-corrected chi connectivity index (χ4v) is 1.31. The number of rotatable bonds is 6. The minimum absolute atomic E-state index is 0.0239. The number of hydrogen-bond acceptors (Lipinski definition) is 3. The van der Waals surface area contributed by atoms with E-state index >= 15 is 0 Å². The maximum Gasteiger partial charge on any atom is 0.237 e. The van der Waals surface area contributed by atoms with Crippen LogP contribution in [0.5, 0.6) is 0 Å². The van der Waals surface area contributed by atoms with E-state index in [9.17, 15) is 4.79 Å². The van der Waals surface area contributed by atoms with Gasteiger partial charge in [0.15, 0.2) is 0 Å². The van der Waals surface area contributed by atoms with Crippen molar-refractivity contribution in [2.45, 2.75) is 53.6 Å². The summed E-state index contributed by atoms with van der Waals surface area (Å²) >= 11 is 0. The molecule has 4 heteroatoms. The van der Waals surface area contributed by atoms with E-state index in [-0.39, 0.29) is 17.4 Å². The molecule has 3 N–H and O–H groups in total. The zero-order chi connectivity index (χ0) is 13.6. The molecule has 4 nitrogen and oxygen atoms in total. The molecule has 0 heterocycles. The molecule has 0 saturated heterocycles. The van der Waals surface area contributed by atoms with E-state index in [0.717, 1.165) is 0 Å². The molecule has 0 aromatic heterocycles. The first kappa shape index (κ1) is 16.4. The van der Waals surface area contributed by atoms with E-state index in [4.69, 9.17) is 10.5 Å². The fraction of sp³-hybridized carbons (Fsp3) is 0.923. The van der Waals surface area contributed by atoms with Crippen LogP contribution in [0.4, 0.5) is 0 Å². The van der Waals surface area contributed by atoms with Crippen LogP contribution in [0.25, 0.3) is 0 Å². The van der Waals surface area contributed by atoms with Crippen molar-refractivity contribution in [1.82, 2.24) is 5.32 Å². The van der Waals surface area contributed by atoms with Crippen LogP contribution >= 0.6 is 0 Å². The largest absolute Gasteiger partial charge is 0.380 e. The van der Waals surface area contributed by atoms with Gasteiger partial charge >= 0.3 is 0 Å². The van der Waals surface area contributed by atoms with Crippen LogP contribution in [0.15, 0.2) is 0 Å². The van der Waals surface area contributed by atoms with Gasteiger partial charge in [-0.15, -0.1) is 0 Å². The smallest absolute Gasteiger partial charge is 0.237 e. The van der Waals surface area contributed by atoms with Crippen LogP contribution in [0.1, 0.15) is 41.5 Å². The fourth-order valence-electron chi connectivity index (χ4n) is 1.31. The molecule has 0 aromatic carbocycles. The second-order valence-electron chi connectivity index (χ2n) is 5.86. The first-order valence-electron chi connectivity index (χ1n) is 6.33. The summed E-state index contributed by atoms with van der Waals surface area (Å²) in [6.45, 7) is 13.2. The van der Waals surface area contributed by atoms with Gasteiger partial charge in [0.05, 0.1) is 18.7 Å². The number of nitrogens with one attached hydrogen (secondary N) is 1. The number of ether oxygens (including phenoxy) is 1. The van der Waals surface area contributed by atoms with Crippen LogP contribution in [0.2, 0.25) is 0 Å². The van der Waals surface area contributed by atoms with Gasteiger partial charge < -0.3 is 15.8 Å². The van der Waals surface area contributed by atoms with E-state index in [1.165, 1.54) is 0 Å². The molecule has 0 saturated carbocycles. The molecule has 0 aliphatic carbocycles. The summed E-state index contributed by atoms with van der Waals surface area (Å²) in [4.78, 5) is 12.0. The average Bonchev–Trinajstić information content (AvgIpc) is 2.20. The van der Waals surface area contributed by atoms with Crippen molar-refractivity contribution >= 4 is 5.91 Å².